The van der Waals surface area contributed by atoms with Crippen molar-refractivity contribution in [3.8, 4) is 5.75 Å². The molecular formula is C16H21BrCl2N2O2. The average molecular weight is 424 g/mol. The van der Waals surface area contributed by atoms with Crippen molar-refractivity contribution in [2.75, 3.05) is 32.8 Å². The average Bonchev–Trinajstić information content (AvgIpc) is 2.85. The summed E-state index contributed by atoms with van der Waals surface area (Å²) in [6.07, 6.45) is 2.17. The van der Waals surface area contributed by atoms with Gasteiger partial charge in [0.25, 0.3) is 5.91 Å². The van der Waals surface area contributed by atoms with Crippen LogP contribution >= 0.6 is 39.9 Å². The first-order valence-electron chi connectivity index (χ1n) is 7.70. The SMILES string of the molecule is Cl.O=C(COc1ccc(Br)cc1Cl)N1CC[C@@H]2CNC[C@@H]2CC1. The molecule has 128 valence electrons. The highest BCUT2D eigenvalue weighted by molar-refractivity contribution is 9.10. The summed E-state index contributed by atoms with van der Waals surface area (Å²) in [5.74, 6) is 2.04. The molecule has 2 aliphatic rings. The van der Waals surface area contributed by atoms with Crippen molar-refractivity contribution in [2.45, 2.75) is 12.8 Å². The molecule has 0 aliphatic carbocycles. The third-order valence-corrected chi connectivity index (χ3v) is 5.41. The summed E-state index contributed by atoms with van der Waals surface area (Å²) >= 11 is 9.45. The van der Waals surface area contributed by atoms with Crippen LogP contribution < -0.4 is 10.1 Å². The van der Waals surface area contributed by atoms with Crippen LogP contribution in [0.1, 0.15) is 12.8 Å². The van der Waals surface area contributed by atoms with Gasteiger partial charge in [-0.2, -0.15) is 0 Å². The molecule has 4 nitrogen and oxygen atoms in total. The lowest BCUT2D eigenvalue weighted by Gasteiger charge is -2.21. The van der Waals surface area contributed by atoms with Gasteiger partial charge in [0.05, 0.1) is 5.02 Å². The van der Waals surface area contributed by atoms with Crippen molar-refractivity contribution in [2.24, 2.45) is 11.8 Å². The van der Waals surface area contributed by atoms with Crippen LogP contribution in [0.15, 0.2) is 22.7 Å². The molecule has 0 bridgehead atoms. The number of likely N-dealkylation sites (tertiary alicyclic amines) is 1. The van der Waals surface area contributed by atoms with Gasteiger partial charge in [-0.3, -0.25) is 4.79 Å². The normalized spacial score (nSPS) is 23.7. The molecule has 7 heteroatoms. The van der Waals surface area contributed by atoms with Gasteiger partial charge in [0, 0.05) is 17.6 Å². The van der Waals surface area contributed by atoms with Gasteiger partial charge in [0.2, 0.25) is 0 Å². The Morgan fingerprint density at radius 2 is 1.96 bits per heavy atom. The first-order valence-corrected chi connectivity index (χ1v) is 8.87. The zero-order chi connectivity index (χ0) is 15.5. The fourth-order valence-corrected chi connectivity index (χ4v) is 4.02. The molecule has 1 N–H and O–H groups in total. The number of amides is 1. The molecule has 0 aromatic heterocycles. The lowest BCUT2D eigenvalue weighted by Crippen LogP contribution is -2.36. The zero-order valence-corrected chi connectivity index (χ0v) is 15.9. The minimum Gasteiger partial charge on any atom is -0.482 e. The van der Waals surface area contributed by atoms with Gasteiger partial charge >= 0.3 is 0 Å². The van der Waals surface area contributed by atoms with E-state index < -0.39 is 0 Å². The van der Waals surface area contributed by atoms with E-state index in [9.17, 15) is 4.79 Å². The molecule has 1 aromatic rings. The first-order chi connectivity index (χ1) is 10.6. The molecule has 1 amide bonds. The third-order valence-electron chi connectivity index (χ3n) is 4.62. The molecule has 2 fully saturated rings. The largest absolute Gasteiger partial charge is 0.482 e. The van der Waals surface area contributed by atoms with E-state index in [0.717, 1.165) is 55.3 Å². The second kappa shape index (κ2) is 8.56. The van der Waals surface area contributed by atoms with Crippen molar-refractivity contribution in [3.63, 3.8) is 0 Å². The number of nitrogens with zero attached hydrogens (tertiary/aromatic N) is 1. The summed E-state index contributed by atoms with van der Waals surface area (Å²) in [5.41, 5.74) is 0. The molecule has 0 unspecified atom stereocenters. The Hall–Kier alpha value is -0.490. The number of fused-ring (bicyclic) bond motifs is 1. The Bertz CT molecular complexity index is 545. The van der Waals surface area contributed by atoms with Gasteiger partial charge in [-0.15, -0.1) is 12.4 Å². The molecule has 2 heterocycles. The highest BCUT2D eigenvalue weighted by atomic mass is 79.9. The van der Waals surface area contributed by atoms with Crippen molar-refractivity contribution in [3.05, 3.63) is 27.7 Å². The highest BCUT2D eigenvalue weighted by Crippen LogP contribution is 2.29. The van der Waals surface area contributed by atoms with Crippen LogP contribution in [-0.2, 0) is 4.79 Å². The number of hydrogen-bond acceptors (Lipinski definition) is 3. The molecule has 3 rings (SSSR count). The second-order valence-corrected chi connectivity index (χ2v) is 7.32. The van der Waals surface area contributed by atoms with E-state index in [-0.39, 0.29) is 24.9 Å². The van der Waals surface area contributed by atoms with E-state index in [1.807, 2.05) is 11.0 Å². The van der Waals surface area contributed by atoms with Crippen molar-refractivity contribution in [1.82, 2.24) is 10.2 Å². The highest BCUT2D eigenvalue weighted by Gasteiger charge is 2.31. The monoisotopic (exact) mass is 422 g/mol. The number of hydrogen-bond donors (Lipinski definition) is 1. The molecule has 2 aliphatic heterocycles. The van der Waals surface area contributed by atoms with Gasteiger partial charge in [-0.05, 0) is 56.0 Å². The molecule has 0 saturated carbocycles. The third kappa shape index (κ3) is 4.75. The number of benzene rings is 1. The van der Waals surface area contributed by atoms with Crippen LogP contribution in [0, 0.1) is 11.8 Å². The van der Waals surface area contributed by atoms with Crippen molar-refractivity contribution >= 4 is 45.8 Å². The number of ether oxygens (including phenoxy) is 1. The Morgan fingerprint density at radius 1 is 1.30 bits per heavy atom. The van der Waals surface area contributed by atoms with Gasteiger partial charge < -0.3 is 15.0 Å². The molecule has 0 spiro atoms. The van der Waals surface area contributed by atoms with Gasteiger partial charge in [0.1, 0.15) is 5.75 Å². The molecule has 2 saturated heterocycles. The van der Waals surface area contributed by atoms with Gasteiger partial charge in [-0.1, -0.05) is 27.5 Å². The Morgan fingerprint density at radius 3 is 2.57 bits per heavy atom. The fourth-order valence-electron chi connectivity index (χ4n) is 3.29. The Kier molecular flexibility index (Phi) is 7.01. The summed E-state index contributed by atoms with van der Waals surface area (Å²) in [5, 5.41) is 3.96. The molecule has 1 aromatic carbocycles. The fraction of sp³-hybridized carbons (Fsp3) is 0.562. The van der Waals surface area contributed by atoms with Crippen LogP contribution in [0.5, 0.6) is 5.75 Å². The van der Waals surface area contributed by atoms with Crippen LogP contribution in [0.25, 0.3) is 0 Å². The number of carbonyl (C=O) groups excluding carboxylic acids is 1. The van der Waals surface area contributed by atoms with E-state index in [1.54, 1.807) is 12.1 Å². The summed E-state index contributed by atoms with van der Waals surface area (Å²) in [4.78, 5) is 14.3. The first kappa shape index (κ1) is 18.8. The maximum Gasteiger partial charge on any atom is 0.260 e. The Balaban J connectivity index is 0.00000192. The summed E-state index contributed by atoms with van der Waals surface area (Å²) in [6.45, 7) is 3.91. The van der Waals surface area contributed by atoms with E-state index in [4.69, 9.17) is 16.3 Å². The van der Waals surface area contributed by atoms with Crippen molar-refractivity contribution in [1.29, 1.82) is 0 Å². The predicted octanol–water partition coefficient (Wildman–Crippen LogP) is 3.36. The molecule has 0 radical (unpaired) electrons. The quantitative estimate of drug-likeness (QED) is 0.810. The van der Waals surface area contributed by atoms with E-state index in [2.05, 4.69) is 21.2 Å². The van der Waals surface area contributed by atoms with E-state index in [0.29, 0.717) is 10.8 Å². The zero-order valence-electron chi connectivity index (χ0n) is 12.8. The van der Waals surface area contributed by atoms with E-state index >= 15 is 0 Å². The van der Waals surface area contributed by atoms with Crippen LogP contribution in [0.3, 0.4) is 0 Å². The van der Waals surface area contributed by atoms with Crippen molar-refractivity contribution < 1.29 is 9.53 Å². The number of nitrogens with one attached hydrogen (secondary N) is 1. The smallest absolute Gasteiger partial charge is 0.260 e. The second-order valence-electron chi connectivity index (χ2n) is 6.00. The maximum absolute atomic E-state index is 12.4. The molecule has 2 atom stereocenters. The van der Waals surface area contributed by atoms with Crippen LogP contribution in [-0.4, -0.2) is 43.6 Å². The Labute approximate surface area is 156 Å². The number of carbonyl (C=O) groups is 1. The number of rotatable bonds is 3. The van der Waals surface area contributed by atoms with Gasteiger partial charge in [-0.25, -0.2) is 0 Å². The standard InChI is InChI=1S/C16H20BrClN2O2.ClH/c17-13-1-2-15(14(18)7-13)22-10-16(21)20-5-3-11-8-19-9-12(11)4-6-20;/h1-2,7,11-12,19H,3-6,8-10H2;1H/t11-,12+;. The van der Waals surface area contributed by atoms with E-state index in [1.165, 1.54) is 0 Å². The maximum atomic E-state index is 12.4. The molecule has 23 heavy (non-hydrogen) atoms. The molecular weight excluding hydrogens is 403 g/mol. The lowest BCUT2D eigenvalue weighted by molar-refractivity contribution is -0.133. The lowest BCUT2D eigenvalue weighted by atomic mass is 9.92. The minimum atomic E-state index is 0. The topological polar surface area (TPSA) is 41.6 Å². The number of halogens is 3. The van der Waals surface area contributed by atoms with Gasteiger partial charge in [0.15, 0.2) is 6.61 Å². The summed E-state index contributed by atoms with van der Waals surface area (Å²) in [6, 6.07) is 5.39. The predicted molar refractivity (Wildman–Crippen MR) is 97.6 cm³/mol. The van der Waals surface area contributed by atoms with Crippen LogP contribution in [0.2, 0.25) is 5.02 Å². The summed E-state index contributed by atoms with van der Waals surface area (Å²) < 4.78 is 6.48. The minimum absolute atomic E-state index is 0. The van der Waals surface area contributed by atoms with Crippen LogP contribution in [0.4, 0.5) is 0 Å². The summed E-state index contributed by atoms with van der Waals surface area (Å²) in [7, 11) is 0.